The quantitative estimate of drug-likeness (QED) is 0.376. The topological polar surface area (TPSA) is 78.9 Å². The SMILES string of the molecule is CN(C(=O)Cc1ccc2oc(=O)n(Cc3ccccc3)c2c1)[C@H](CN1CCCC1)c1cccc(O)c1.S. The molecule has 5 rings (SSSR count). The average molecular weight is 520 g/mol. The molecule has 0 saturated carbocycles. The molecule has 1 aliphatic rings. The second kappa shape index (κ2) is 11.7. The number of likely N-dealkylation sites (tertiary alicyclic amines) is 1. The Kier molecular flexibility index (Phi) is 8.41. The molecule has 1 fully saturated rings. The minimum absolute atomic E-state index is 0. The van der Waals surface area contributed by atoms with Gasteiger partial charge in [-0.15, -0.1) is 0 Å². The summed E-state index contributed by atoms with van der Waals surface area (Å²) in [5, 5.41) is 10.1. The first-order valence-electron chi connectivity index (χ1n) is 12.4. The predicted molar refractivity (Wildman–Crippen MR) is 149 cm³/mol. The number of amides is 1. The van der Waals surface area contributed by atoms with Gasteiger partial charge in [0.25, 0.3) is 0 Å². The van der Waals surface area contributed by atoms with E-state index in [1.807, 2.05) is 61.6 Å². The van der Waals surface area contributed by atoms with Crippen molar-refractivity contribution in [2.24, 2.45) is 0 Å². The third-order valence-electron chi connectivity index (χ3n) is 7.02. The summed E-state index contributed by atoms with van der Waals surface area (Å²) in [5.41, 5.74) is 3.92. The van der Waals surface area contributed by atoms with Crippen LogP contribution in [0.4, 0.5) is 0 Å². The summed E-state index contributed by atoms with van der Waals surface area (Å²) in [7, 11) is 1.83. The monoisotopic (exact) mass is 519 g/mol. The van der Waals surface area contributed by atoms with E-state index in [9.17, 15) is 14.7 Å². The molecule has 194 valence electrons. The number of aromatic nitrogens is 1. The maximum atomic E-state index is 13.5. The van der Waals surface area contributed by atoms with E-state index in [1.54, 1.807) is 27.7 Å². The number of hydrogen-bond donors (Lipinski definition) is 1. The van der Waals surface area contributed by atoms with Crippen molar-refractivity contribution >= 4 is 30.5 Å². The maximum absolute atomic E-state index is 13.5. The molecule has 0 aliphatic carbocycles. The summed E-state index contributed by atoms with van der Waals surface area (Å²) in [6.07, 6.45) is 2.53. The van der Waals surface area contributed by atoms with Gasteiger partial charge >= 0.3 is 5.76 Å². The minimum atomic E-state index is -0.413. The second-order valence-corrected chi connectivity index (χ2v) is 9.54. The molecule has 0 bridgehead atoms. The lowest BCUT2D eigenvalue weighted by Crippen LogP contribution is -2.39. The Morgan fingerprint density at radius 2 is 1.76 bits per heavy atom. The van der Waals surface area contributed by atoms with Crippen molar-refractivity contribution in [1.82, 2.24) is 14.4 Å². The molecule has 0 spiro atoms. The van der Waals surface area contributed by atoms with Crippen LogP contribution in [0.1, 0.15) is 35.6 Å². The standard InChI is InChI=1S/C29H31N3O4.H2S/c1-30(26(20-31-14-5-6-15-31)23-10-7-11-24(33)18-23)28(34)17-22-12-13-27-25(16-22)32(29(35)36-27)19-21-8-3-2-4-9-21;/h2-4,7-13,16,18,26,33H,5-6,14-15,17,19-20H2,1H3;1H2/t26-;/m1./s1. The van der Waals surface area contributed by atoms with Crippen LogP contribution in [0.5, 0.6) is 5.75 Å². The number of benzene rings is 3. The number of phenolic OH excluding ortho intramolecular Hbond substituents is 1. The molecule has 1 aliphatic heterocycles. The number of fused-ring (bicyclic) bond motifs is 1. The summed E-state index contributed by atoms with van der Waals surface area (Å²) in [4.78, 5) is 30.1. The Labute approximate surface area is 223 Å². The van der Waals surface area contributed by atoms with Crippen molar-refractivity contribution in [3.63, 3.8) is 0 Å². The van der Waals surface area contributed by atoms with Gasteiger partial charge in [-0.2, -0.15) is 13.5 Å². The minimum Gasteiger partial charge on any atom is -0.508 e. The first-order chi connectivity index (χ1) is 17.5. The molecule has 1 aromatic heterocycles. The normalized spacial score (nSPS) is 14.4. The second-order valence-electron chi connectivity index (χ2n) is 9.54. The molecule has 3 aromatic carbocycles. The van der Waals surface area contributed by atoms with Crippen molar-refractivity contribution in [2.75, 3.05) is 26.7 Å². The fourth-order valence-corrected chi connectivity index (χ4v) is 5.00. The number of nitrogens with zero attached hydrogens (tertiary/aromatic N) is 3. The van der Waals surface area contributed by atoms with Crippen molar-refractivity contribution in [2.45, 2.75) is 31.8 Å². The fraction of sp³-hybridized carbons (Fsp3) is 0.310. The predicted octanol–water partition coefficient (Wildman–Crippen LogP) is 4.30. The summed E-state index contributed by atoms with van der Waals surface area (Å²) in [5.74, 6) is -0.243. The summed E-state index contributed by atoms with van der Waals surface area (Å²) < 4.78 is 7.05. The van der Waals surface area contributed by atoms with Gasteiger partial charge in [0.05, 0.1) is 24.5 Å². The first-order valence-corrected chi connectivity index (χ1v) is 12.4. The van der Waals surface area contributed by atoms with E-state index in [0.29, 0.717) is 17.6 Å². The molecule has 37 heavy (non-hydrogen) atoms. The van der Waals surface area contributed by atoms with Gasteiger partial charge in [0.2, 0.25) is 5.91 Å². The zero-order chi connectivity index (χ0) is 25.1. The summed E-state index contributed by atoms with van der Waals surface area (Å²) in [6.45, 7) is 3.17. The Hall–Kier alpha value is -3.49. The van der Waals surface area contributed by atoms with Crippen molar-refractivity contribution < 1.29 is 14.3 Å². The van der Waals surface area contributed by atoms with E-state index in [4.69, 9.17) is 4.42 Å². The third kappa shape index (κ3) is 6.09. The Morgan fingerprint density at radius 1 is 1.00 bits per heavy atom. The summed E-state index contributed by atoms with van der Waals surface area (Å²) >= 11 is 0. The van der Waals surface area contributed by atoms with Gasteiger partial charge in [0, 0.05) is 13.6 Å². The van der Waals surface area contributed by atoms with E-state index < -0.39 is 5.76 Å². The lowest BCUT2D eigenvalue weighted by molar-refractivity contribution is -0.131. The lowest BCUT2D eigenvalue weighted by atomic mass is 10.0. The Morgan fingerprint density at radius 3 is 2.49 bits per heavy atom. The highest BCUT2D eigenvalue weighted by Gasteiger charge is 2.26. The molecule has 0 radical (unpaired) electrons. The van der Waals surface area contributed by atoms with Crippen LogP contribution in [0.15, 0.2) is 82.0 Å². The molecule has 2 heterocycles. The van der Waals surface area contributed by atoms with Gasteiger partial charge in [0.15, 0.2) is 5.58 Å². The van der Waals surface area contributed by atoms with Crippen LogP contribution in [-0.4, -0.2) is 52.1 Å². The number of phenols is 1. The molecule has 7 nitrogen and oxygen atoms in total. The molecule has 1 N–H and O–H groups in total. The van der Waals surface area contributed by atoms with Gasteiger partial charge < -0.3 is 19.3 Å². The average Bonchev–Trinajstić information content (AvgIpc) is 3.50. The molecular weight excluding hydrogens is 486 g/mol. The third-order valence-corrected chi connectivity index (χ3v) is 7.02. The van der Waals surface area contributed by atoms with Crippen molar-refractivity contribution in [3.8, 4) is 5.75 Å². The fourth-order valence-electron chi connectivity index (χ4n) is 5.00. The number of carbonyl (C=O) groups excluding carboxylic acids is 1. The summed E-state index contributed by atoms with van der Waals surface area (Å²) in [6, 6.07) is 22.2. The van der Waals surface area contributed by atoms with Crippen LogP contribution in [0.3, 0.4) is 0 Å². The zero-order valence-electron chi connectivity index (χ0n) is 21.0. The number of rotatable bonds is 8. The van der Waals surface area contributed by atoms with Gasteiger partial charge in [-0.3, -0.25) is 9.36 Å². The van der Waals surface area contributed by atoms with Crippen LogP contribution in [0, 0.1) is 0 Å². The van der Waals surface area contributed by atoms with Crippen LogP contribution in [0.25, 0.3) is 11.1 Å². The molecule has 1 amide bonds. The molecule has 8 heteroatoms. The lowest BCUT2D eigenvalue weighted by Gasteiger charge is -2.32. The van der Waals surface area contributed by atoms with E-state index >= 15 is 0 Å². The first kappa shape index (κ1) is 26.6. The van der Waals surface area contributed by atoms with Crippen LogP contribution >= 0.6 is 13.5 Å². The van der Waals surface area contributed by atoms with Gasteiger partial charge in [0.1, 0.15) is 5.75 Å². The number of hydrogen-bond acceptors (Lipinski definition) is 5. The number of carbonyl (C=O) groups is 1. The van der Waals surface area contributed by atoms with Gasteiger partial charge in [-0.25, -0.2) is 4.79 Å². The smallest absolute Gasteiger partial charge is 0.420 e. The van der Waals surface area contributed by atoms with Crippen molar-refractivity contribution in [3.05, 3.63) is 100 Å². The Bertz CT molecular complexity index is 1410. The van der Waals surface area contributed by atoms with Crippen molar-refractivity contribution in [1.29, 1.82) is 0 Å². The highest BCUT2D eigenvalue weighted by atomic mass is 32.1. The molecule has 1 atom stereocenters. The highest BCUT2D eigenvalue weighted by Crippen LogP contribution is 2.26. The largest absolute Gasteiger partial charge is 0.508 e. The van der Waals surface area contributed by atoms with Crippen LogP contribution in [0.2, 0.25) is 0 Å². The van der Waals surface area contributed by atoms with E-state index in [1.165, 1.54) is 12.8 Å². The van der Waals surface area contributed by atoms with Crippen LogP contribution in [-0.2, 0) is 17.8 Å². The maximum Gasteiger partial charge on any atom is 0.420 e. The van der Waals surface area contributed by atoms with E-state index in [-0.39, 0.29) is 37.6 Å². The number of aromatic hydroxyl groups is 1. The van der Waals surface area contributed by atoms with E-state index in [0.717, 1.165) is 36.3 Å². The molecule has 0 unspecified atom stereocenters. The molecular formula is C29H33N3O4S. The molecule has 1 saturated heterocycles. The Balaban J connectivity index is 0.00000320. The molecule has 4 aromatic rings. The van der Waals surface area contributed by atoms with Gasteiger partial charge in [-0.05, 0) is 66.9 Å². The van der Waals surface area contributed by atoms with Crippen LogP contribution < -0.4 is 5.76 Å². The number of likely N-dealkylation sites (N-methyl/N-ethyl adjacent to an activating group) is 1. The zero-order valence-corrected chi connectivity index (χ0v) is 22.0. The number of oxazole rings is 1. The highest BCUT2D eigenvalue weighted by molar-refractivity contribution is 7.59. The van der Waals surface area contributed by atoms with E-state index in [2.05, 4.69) is 4.90 Å². The van der Waals surface area contributed by atoms with Gasteiger partial charge in [-0.1, -0.05) is 48.5 Å².